The van der Waals surface area contributed by atoms with Crippen molar-refractivity contribution in [3.63, 3.8) is 0 Å². The normalized spacial score (nSPS) is 30.6. The SMILES string of the molecule is CNC(=O)C(=NOCC(=O)O)c1nc2ccccc2n(C2C[C@H]3CCC[C@@H](C2)N3C2CC3CCCC(C3)C2)c1=O. The van der Waals surface area contributed by atoms with Crippen molar-refractivity contribution in [3.05, 3.63) is 40.3 Å². The molecule has 40 heavy (non-hydrogen) atoms. The van der Waals surface area contributed by atoms with Crippen LogP contribution in [-0.4, -0.2) is 68.9 Å². The Balaban J connectivity index is 1.36. The summed E-state index contributed by atoms with van der Waals surface area (Å²) in [5.74, 6) is -0.151. The van der Waals surface area contributed by atoms with Crippen molar-refractivity contribution in [2.24, 2.45) is 17.0 Å². The number of carboxylic acid groups (broad SMARTS) is 1. The van der Waals surface area contributed by atoms with Crippen LogP contribution in [-0.2, 0) is 14.4 Å². The molecule has 1 amide bonds. The van der Waals surface area contributed by atoms with E-state index in [1.54, 1.807) is 0 Å². The van der Waals surface area contributed by atoms with E-state index in [2.05, 4.69) is 20.4 Å². The minimum absolute atomic E-state index is 0.0281. The quantitative estimate of drug-likeness (QED) is 0.400. The fraction of sp³-hybridized carbons (Fsp3) is 0.633. The van der Waals surface area contributed by atoms with E-state index in [1.807, 2.05) is 28.8 Å². The van der Waals surface area contributed by atoms with Crippen molar-refractivity contribution in [1.82, 2.24) is 19.8 Å². The topological polar surface area (TPSA) is 126 Å². The fourth-order valence-electron chi connectivity index (χ4n) is 8.27. The predicted molar refractivity (Wildman–Crippen MR) is 150 cm³/mol. The number of carboxylic acids is 1. The second-order valence-electron chi connectivity index (χ2n) is 12.1. The van der Waals surface area contributed by atoms with Gasteiger partial charge in [-0.25, -0.2) is 9.78 Å². The number of fused-ring (bicyclic) bond motifs is 5. The minimum atomic E-state index is -1.23. The lowest BCUT2D eigenvalue weighted by Crippen LogP contribution is -2.58. The summed E-state index contributed by atoms with van der Waals surface area (Å²) in [6.07, 6.45) is 13.5. The third-order valence-corrected chi connectivity index (χ3v) is 9.70. The van der Waals surface area contributed by atoms with Crippen LogP contribution < -0.4 is 10.9 Å². The fourth-order valence-corrected chi connectivity index (χ4v) is 8.27. The monoisotopic (exact) mass is 549 g/mol. The maximum absolute atomic E-state index is 14.1. The largest absolute Gasteiger partial charge is 0.479 e. The van der Waals surface area contributed by atoms with Crippen LogP contribution in [0.4, 0.5) is 0 Å². The van der Waals surface area contributed by atoms with Crippen LogP contribution in [0.15, 0.2) is 34.2 Å². The number of nitrogens with zero attached hydrogens (tertiary/aromatic N) is 4. The number of oxime groups is 1. The van der Waals surface area contributed by atoms with Gasteiger partial charge in [-0.2, -0.15) is 0 Å². The molecule has 0 spiro atoms. The molecule has 3 unspecified atom stereocenters. The van der Waals surface area contributed by atoms with Gasteiger partial charge in [-0.15, -0.1) is 0 Å². The van der Waals surface area contributed by atoms with Crippen LogP contribution in [0, 0.1) is 11.8 Å². The van der Waals surface area contributed by atoms with Crippen molar-refractivity contribution in [2.75, 3.05) is 13.7 Å². The first-order valence-corrected chi connectivity index (χ1v) is 14.9. The molecule has 1 aromatic heterocycles. The number of nitrogens with one attached hydrogen (secondary N) is 1. The van der Waals surface area contributed by atoms with Crippen molar-refractivity contribution in [1.29, 1.82) is 0 Å². The Bertz CT molecular complexity index is 1350. The average Bonchev–Trinajstić information content (AvgIpc) is 2.94. The van der Waals surface area contributed by atoms with Gasteiger partial charge in [-0.1, -0.05) is 43.0 Å². The van der Waals surface area contributed by atoms with Crippen molar-refractivity contribution in [2.45, 2.75) is 94.8 Å². The molecule has 2 aromatic rings. The van der Waals surface area contributed by atoms with Gasteiger partial charge >= 0.3 is 5.97 Å². The highest BCUT2D eigenvalue weighted by molar-refractivity contribution is 6.44. The van der Waals surface area contributed by atoms with Gasteiger partial charge in [0.1, 0.15) is 0 Å². The van der Waals surface area contributed by atoms with Gasteiger partial charge in [0.15, 0.2) is 11.4 Å². The smallest absolute Gasteiger partial charge is 0.344 e. The van der Waals surface area contributed by atoms with E-state index >= 15 is 0 Å². The summed E-state index contributed by atoms with van der Waals surface area (Å²) in [5.41, 5.74) is 0.474. The molecule has 5 atom stereocenters. The van der Waals surface area contributed by atoms with Crippen molar-refractivity contribution < 1.29 is 19.5 Å². The van der Waals surface area contributed by atoms with E-state index in [0.717, 1.165) is 43.0 Å². The molecule has 3 heterocycles. The predicted octanol–water partition coefficient (Wildman–Crippen LogP) is 3.47. The molecule has 2 N–H and O–H groups in total. The molecule has 4 bridgehead atoms. The second-order valence-corrected chi connectivity index (χ2v) is 12.1. The number of carbonyl (C=O) groups excluding carboxylic acids is 1. The van der Waals surface area contributed by atoms with Crippen LogP contribution in [0.1, 0.15) is 82.4 Å². The number of likely N-dealkylation sites (N-methyl/N-ethyl adjacent to an activating group) is 1. The third-order valence-electron chi connectivity index (χ3n) is 9.70. The van der Waals surface area contributed by atoms with Gasteiger partial charge < -0.3 is 19.8 Å². The molecular weight excluding hydrogens is 510 g/mol. The molecule has 10 nitrogen and oxygen atoms in total. The van der Waals surface area contributed by atoms with E-state index in [9.17, 15) is 14.4 Å². The number of piperidine rings is 2. The highest BCUT2D eigenvalue weighted by Gasteiger charge is 2.45. The molecule has 4 aliphatic rings. The Labute approximate surface area is 233 Å². The van der Waals surface area contributed by atoms with Crippen LogP contribution in [0.2, 0.25) is 0 Å². The molecule has 2 aliphatic carbocycles. The molecule has 214 valence electrons. The van der Waals surface area contributed by atoms with Gasteiger partial charge in [0.05, 0.1) is 11.0 Å². The van der Waals surface area contributed by atoms with Crippen LogP contribution in [0.3, 0.4) is 0 Å². The average molecular weight is 550 g/mol. The van der Waals surface area contributed by atoms with E-state index in [-0.39, 0.29) is 17.4 Å². The molecule has 10 heteroatoms. The molecular formula is C30H39N5O5. The molecule has 2 aliphatic heterocycles. The maximum atomic E-state index is 14.1. The highest BCUT2D eigenvalue weighted by atomic mass is 16.6. The lowest BCUT2D eigenvalue weighted by molar-refractivity contribution is -0.142. The van der Waals surface area contributed by atoms with Crippen molar-refractivity contribution in [3.8, 4) is 0 Å². The summed E-state index contributed by atoms with van der Waals surface area (Å²) < 4.78 is 1.82. The first-order valence-electron chi connectivity index (χ1n) is 14.9. The lowest BCUT2D eigenvalue weighted by Gasteiger charge is -2.55. The van der Waals surface area contributed by atoms with Gasteiger partial charge in [0.25, 0.3) is 11.5 Å². The summed E-state index contributed by atoms with van der Waals surface area (Å²) in [6, 6.07) is 8.99. The number of rotatable bonds is 7. The summed E-state index contributed by atoms with van der Waals surface area (Å²) in [6.45, 7) is -0.729. The zero-order valence-electron chi connectivity index (χ0n) is 23.1. The number of aliphatic carboxylic acids is 1. The molecule has 2 saturated heterocycles. The van der Waals surface area contributed by atoms with E-state index < -0.39 is 24.0 Å². The van der Waals surface area contributed by atoms with Gasteiger partial charge in [0.2, 0.25) is 6.61 Å². The number of amides is 1. The van der Waals surface area contributed by atoms with Gasteiger partial charge in [-0.3, -0.25) is 14.5 Å². The first kappa shape index (κ1) is 26.9. The number of hydrogen-bond acceptors (Lipinski definition) is 7. The Morgan fingerprint density at radius 3 is 2.33 bits per heavy atom. The van der Waals surface area contributed by atoms with E-state index in [4.69, 9.17) is 9.94 Å². The Morgan fingerprint density at radius 2 is 1.65 bits per heavy atom. The molecule has 2 saturated carbocycles. The Morgan fingerprint density at radius 1 is 0.975 bits per heavy atom. The summed E-state index contributed by atoms with van der Waals surface area (Å²) in [7, 11) is 1.42. The molecule has 0 radical (unpaired) electrons. The first-order chi connectivity index (χ1) is 19.4. The lowest BCUT2D eigenvalue weighted by atomic mass is 9.68. The summed E-state index contributed by atoms with van der Waals surface area (Å²) in [4.78, 5) is 50.1. The number of hydrogen-bond donors (Lipinski definition) is 2. The van der Waals surface area contributed by atoms with Crippen molar-refractivity contribution >= 4 is 28.6 Å². The van der Waals surface area contributed by atoms with E-state index in [0.29, 0.717) is 23.6 Å². The van der Waals surface area contributed by atoms with Crippen LogP contribution in [0.25, 0.3) is 11.0 Å². The summed E-state index contributed by atoms with van der Waals surface area (Å²) >= 11 is 0. The van der Waals surface area contributed by atoms with Gasteiger partial charge in [0, 0.05) is 31.2 Å². The van der Waals surface area contributed by atoms with E-state index in [1.165, 1.54) is 52.0 Å². The molecule has 1 aromatic carbocycles. The Kier molecular flexibility index (Phi) is 7.61. The Hall–Kier alpha value is -3.27. The standard InChI is InChI=1S/C30H39N5O5/c1-31-29(38)27(33-40-17-26(36)37)28-30(39)35(25-11-3-2-10-24(25)32-28)23-15-20-8-5-9-21(16-23)34(20)22-13-18-6-4-7-19(12-18)14-22/h2-3,10-11,18-23H,4-9,12-17H2,1H3,(H,31,38)(H,36,37)/t18?,19?,20-,21+,22?,23?. The second kappa shape index (κ2) is 11.3. The third kappa shape index (κ3) is 5.13. The number of aromatic nitrogens is 2. The summed E-state index contributed by atoms with van der Waals surface area (Å²) in [5, 5.41) is 15.2. The maximum Gasteiger partial charge on any atom is 0.344 e. The zero-order chi connectivity index (χ0) is 27.8. The number of para-hydroxylation sites is 2. The number of benzene rings is 1. The molecule has 4 fully saturated rings. The highest BCUT2D eigenvalue weighted by Crippen LogP contribution is 2.47. The minimum Gasteiger partial charge on any atom is -0.479 e. The van der Waals surface area contributed by atoms with Crippen LogP contribution >= 0.6 is 0 Å². The number of carbonyl (C=O) groups is 2. The zero-order valence-corrected chi connectivity index (χ0v) is 23.1. The van der Waals surface area contributed by atoms with Crippen LogP contribution in [0.5, 0.6) is 0 Å². The van der Waals surface area contributed by atoms with Gasteiger partial charge in [-0.05, 0) is 68.9 Å². The molecule has 6 rings (SSSR count).